The van der Waals surface area contributed by atoms with Gasteiger partial charge >= 0.3 is 11.9 Å². The number of hydrogen-bond donors (Lipinski definition) is 4. The van der Waals surface area contributed by atoms with Crippen molar-refractivity contribution in [1.82, 2.24) is 15.0 Å². The molecule has 0 bridgehead atoms. The molecular weight excluding hydrogens is 458 g/mol. The zero-order chi connectivity index (χ0) is 25.6. The number of nitrogens with two attached hydrogens (primary N) is 2. The minimum atomic E-state index is -1.22. The first kappa shape index (κ1) is 27.8. The minimum absolute atomic E-state index is 0.211. The lowest BCUT2D eigenvalue weighted by Gasteiger charge is -2.25. The summed E-state index contributed by atoms with van der Waals surface area (Å²) in [5, 5.41) is 4.94. The first-order chi connectivity index (χ1) is 14.9. The van der Waals surface area contributed by atoms with Gasteiger partial charge in [-0.3, -0.25) is 9.59 Å². The monoisotopic (exact) mass is 487 g/mol. The molecule has 6 N–H and O–H groups in total. The predicted octanol–water partition coefficient (Wildman–Crippen LogP) is 0.520. The summed E-state index contributed by atoms with van der Waals surface area (Å²) < 4.78 is 10.6. The number of aromatic nitrogens is 3. The molecule has 1 rings (SSSR count). The van der Waals surface area contributed by atoms with Gasteiger partial charge in [-0.15, -0.1) is 0 Å². The number of rotatable bonds is 10. The van der Waals surface area contributed by atoms with E-state index in [4.69, 9.17) is 32.5 Å². The summed E-state index contributed by atoms with van der Waals surface area (Å²) in [6.45, 7) is 9.94. The molecule has 0 unspecified atom stereocenters. The molecule has 184 valence electrons. The number of nitrogens with zero attached hydrogens (tertiary/aromatic N) is 3. The third kappa shape index (κ3) is 11.3. The number of primary amides is 2. The Morgan fingerprint density at radius 1 is 0.788 bits per heavy atom. The van der Waals surface area contributed by atoms with Crippen LogP contribution in [0, 0.1) is 0 Å². The fourth-order valence-corrected chi connectivity index (χ4v) is 2.49. The number of anilines is 2. The average Bonchev–Trinajstić information content (AvgIpc) is 2.56. The summed E-state index contributed by atoms with van der Waals surface area (Å²) >= 11 is 5.94. The van der Waals surface area contributed by atoms with Crippen molar-refractivity contribution >= 4 is 47.3 Å². The lowest BCUT2D eigenvalue weighted by molar-refractivity contribution is -0.157. The van der Waals surface area contributed by atoms with E-state index in [2.05, 4.69) is 25.6 Å². The molecule has 0 aliphatic carbocycles. The second kappa shape index (κ2) is 11.1. The highest BCUT2D eigenvalue weighted by atomic mass is 35.5. The van der Waals surface area contributed by atoms with Gasteiger partial charge in [0.1, 0.15) is 23.3 Å². The molecule has 0 saturated heterocycles. The zero-order valence-electron chi connectivity index (χ0n) is 19.4. The molecule has 0 radical (unpaired) electrons. The van der Waals surface area contributed by atoms with Gasteiger partial charge in [-0.1, -0.05) is 0 Å². The standard InChI is InChI=1S/C19H30ClN7O6/c1-18(2,3)32-13(30)9(7-11(21)28)23-16-25-15(20)26-17(27-16)24-10(8-12(22)29)14(31)33-19(4,5)6/h9-10H,7-8H2,1-6H3,(H2,21,28)(H2,22,29)(H2,23,24,25,26,27)/t9-,10-/m0/s1. The zero-order valence-corrected chi connectivity index (χ0v) is 20.1. The number of carbonyl (C=O) groups is 4. The van der Waals surface area contributed by atoms with Crippen LogP contribution in [0.1, 0.15) is 54.4 Å². The van der Waals surface area contributed by atoms with E-state index in [9.17, 15) is 19.2 Å². The van der Waals surface area contributed by atoms with Crippen LogP contribution in [-0.2, 0) is 28.7 Å². The molecule has 1 aromatic heterocycles. The summed E-state index contributed by atoms with van der Waals surface area (Å²) in [5.41, 5.74) is 8.81. The van der Waals surface area contributed by atoms with Crippen LogP contribution in [0.4, 0.5) is 11.9 Å². The summed E-state index contributed by atoms with van der Waals surface area (Å²) in [6, 6.07) is -2.44. The predicted molar refractivity (Wildman–Crippen MR) is 119 cm³/mol. The molecule has 14 heteroatoms. The second-order valence-electron chi connectivity index (χ2n) is 9.05. The molecule has 0 fully saturated rings. The number of ether oxygens (including phenoxy) is 2. The molecule has 0 aromatic carbocycles. The number of esters is 2. The van der Waals surface area contributed by atoms with Crippen LogP contribution in [0.2, 0.25) is 5.28 Å². The van der Waals surface area contributed by atoms with Crippen molar-refractivity contribution in [2.45, 2.75) is 77.7 Å². The smallest absolute Gasteiger partial charge is 0.329 e. The van der Waals surface area contributed by atoms with Gasteiger partial charge in [0, 0.05) is 0 Å². The van der Waals surface area contributed by atoms with E-state index >= 15 is 0 Å². The van der Waals surface area contributed by atoms with Gasteiger partial charge in [0.2, 0.25) is 29.0 Å². The number of halogens is 1. The van der Waals surface area contributed by atoms with Gasteiger partial charge in [0.05, 0.1) is 12.8 Å². The maximum Gasteiger partial charge on any atom is 0.329 e. The minimum Gasteiger partial charge on any atom is -0.458 e. The highest BCUT2D eigenvalue weighted by molar-refractivity contribution is 6.28. The first-order valence-corrected chi connectivity index (χ1v) is 10.3. The van der Waals surface area contributed by atoms with Gasteiger partial charge in [0.15, 0.2) is 0 Å². The summed E-state index contributed by atoms with van der Waals surface area (Å²) in [5.74, 6) is -3.51. The van der Waals surface area contributed by atoms with E-state index in [1.807, 2.05) is 0 Å². The molecule has 0 saturated carbocycles. The number of nitrogens with one attached hydrogen (secondary N) is 2. The van der Waals surface area contributed by atoms with Gasteiger partial charge in [-0.05, 0) is 53.1 Å². The van der Waals surface area contributed by atoms with Gasteiger partial charge in [-0.25, -0.2) is 9.59 Å². The molecule has 13 nitrogen and oxygen atoms in total. The van der Waals surface area contributed by atoms with Gasteiger partial charge in [-0.2, -0.15) is 15.0 Å². The van der Waals surface area contributed by atoms with Crippen molar-refractivity contribution in [3.63, 3.8) is 0 Å². The van der Waals surface area contributed by atoms with Crippen molar-refractivity contribution < 1.29 is 28.7 Å². The normalized spacial score (nSPS) is 13.4. The van der Waals surface area contributed by atoms with Crippen LogP contribution < -0.4 is 22.1 Å². The lowest BCUT2D eigenvalue weighted by atomic mass is 10.1. The summed E-state index contributed by atoms with van der Waals surface area (Å²) in [4.78, 5) is 59.5. The van der Waals surface area contributed by atoms with E-state index in [1.165, 1.54) is 0 Å². The molecule has 1 aromatic rings. The van der Waals surface area contributed by atoms with Gasteiger partial charge < -0.3 is 31.6 Å². The summed E-state index contributed by atoms with van der Waals surface area (Å²) in [7, 11) is 0. The first-order valence-electron chi connectivity index (χ1n) is 9.92. The van der Waals surface area contributed by atoms with E-state index in [0.717, 1.165) is 0 Å². The summed E-state index contributed by atoms with van der Waals surface area (Å²) in [6.07, 6.45) is -0.827. The lowest BCUT2D eigenvalue weighted by Crippen LogP contribution is -2.40. The average molecular weight is 488 g/mol. The van der Waals surface area contributed by atoms with Crippen LogP contribution in [0.5, 0.6) is 0 Å². The Hall–Kier alpha value is -3.22. The SMILES string of the molecule is CC(C)(C)OC(=O)[C@H](CC(N)=O)Nc1nc(Cl)nc(N[C@@H](CC(N)=O)C(=O)OC(C)(C)C)n1. The fraction of sp³-hybridized carbons (Fsp3) is 0.632. The Balaban J connectivity index is 3.16. The molecule has 0 aliphatic rings. The van der Waals surface area contributed by atoms with Crippen LogP contribution in [-0.4, -0.2) is 62.0 Å². The van der Waals surface area contributed by atoms with Crippen molar-refractivity contribution in [2.75, 3.05) is 10.6 Å². The van der Waals surface area contributed by atoms with E-state index in [-0.39, 0.29) is 17.2 Å². The molecule has 2 atom stereocenters. The number of carbonyl (C=O) groups excluding carboxylic acids is 4. The quantitative estimate of drug-likeness (QED) is 0.335. The number of amides is 2. The van der Waals surface area contributed by atoms with Crippen molar-refractivity contribution in [3.05, 3.63) is 5.28 Å². The van der Waals surface area contributed by atoms with E-state index in [1.54, 1.807) is 41.5 Å². The highest BCUT2D eigenvalue weighted by Crippen LogP contribution is 2.17. The molecule has 1 heterocycles. The van der Waals surface area contributed by atoms with Crippen molar-refractivity contribution in [2.24, 2.45) is 11.5 Å². The Morgan fingerprint density at radius 3 is 1.39 bits per heavy atom. The molecule has 0 aliphatic heterocycles. The second-order valence-corrected chi connectivity index (χ2v) is 9.39. The third-order valence-electron chi connectivity index (χ3n) is 3.41. The molecular formula is C19H30ClN7O6. The third-order valence-corrected chi connectivity index (χ3v) is 3.58. The maximum absolute atomic E-state index is 12.5. The van der Waals surface area contributed by atoms with E-state index < -0.39 is 59.9 Å². The Morgan fingerprint density at radius 2 is 1.12 bits per heavy atom. The Kier molecular flexibility index (Phi) is 9.34. The van der Waals surface area contributed by atoms with Crippen LogP contribution >= 0.6 is 11.6 Å². The topological polar surface area (TPSA) is 202 Å². The Labute approximate surface area is 196 Å². The van der Waals surface area contributed by atoms with Crippen LogP contribution in [0.3, 0.4) is 0 Å². The van der Waals surface area contributed by atoms with Crippen molar-refractivity contribution in [1.29, 1.82) is 0 Å². The van der Waals surface area contributed by atoms with Crippen LogP contribution in [0.25, 0.3) is 0 Å². The number of hydrogen-bond acceptors (Lipinski definition) is 11. The highest BCUT2D eigenvalue weighted by Gasteiger charge is 2.30. The molecule has 0 spiro atoms. The molecule has 33 heavy (non-hydrogen) atoms. The van der Waals surface area contributed by atoms with Gasteiger partial charge in [0.25, 0.3) is 0 Å². The maximum atomic E-state index is 12.5. The Bertz CT molecular complexity index is 829. The van der Waals surface area contributed by atoms with Crippen LogP contribution in [0.15, 0.2) is 0 Å². The van der Waals surface area contributed by atoms with E-state index in [0.29, 0.717) is 0 Å². The fourth-order valence-electron chi connectivity index (χ4n) is 2.33. The largest absolute Gasteiger partial charge is 0.458 e. The van der Waals surface area contributed by atoms with Crippen molar-refractivity contribution in [3.8, 4) is 0 Å². The molecule has 2 amide bonds.